The topological polar surface area (TPSA) is 86.5 Å². The minimum absolute atomic E-state index is 0.0729. The summed E-state index contributed by atoms with van der Waals surface area (Å²) in [5, 5.41) is 8.23. The number of nitrogens with one attached hydrogen (secondary N) is 1. The minimum atomic E-state index is -0.651. The van der Waals surface area contributed by atoms with Crippen LogP contribution in [0.3, 0.4) is 0 Å². The maximum atomic E-state index is 13.1. The van der Waals surface area contributed by atoms with Gasteiger partial charge in [0.15, 0.2) is 17.3 Å². The van der Waals surface area contributed by atoms with E-state index < -0.39 is 5.41 Å². The summed E-state index contributed by atoms with van der Waals surface area (Å²) in [5.41, 5.74) is 2.46. The molecule has 1 N–H and O–H groups in total. The lowest BCUT2D eigenvalue weighted by molar-refractivity contribution is -0.118. The van der Waals surface area contributed by atoms with E-state index in [1.807, 2.05) is 54.6 Å². The van der Waals surface area contributed by atoms with Crippen LogP contribution in [0.25, 0.3) is 22.2 Å². The number of carbonyl (C=O) groups is 1. The van der Waals surface area contributed by atoms with E-state index in [1.54, 1.807) is 6.20 Å². The molecule has 0 bridgehead atoms. The average Bonchev–Trinajstić information content (AvgIpc) is 3.21. The standard InChI is InChI=1S/C23H17N3O4/c27-22(25-16-4-5-17-14(10-16)2-1-9-24-17)23(7-8-23)21-12-19(30-26-21)15-3-6-18-20(11-15)29-13-28-18/h1-6,9-12H,7-8,13H2,(H,25,27). The number of amides is 1. The lowest BCUT2D eigenvalue weighted by Gasteiger charge is -2.13. The fourth-order valence-corrected chi connectivity index (χ4v) is 3.82. The molecule has 3 heterocycles. The van der Waals surface area contributed by atoms with Gasteiger partial charge in [0.25, 0.3) is 0 Å². The molecular formula is C23H17N3O4. The molecule has 7 heteroatoms. The predicted molar refractivity (Wildman–Crippen MR) is 109 cm³/mol. The van der Waals surface area contributed by atoms with Gasteiger partial charge >= 0.3 is 0 Å². The Labute approximate surface area is 171 Å². The van der Waals surface area contributed by atoms with Crippen LogP contribution < -0.4 is 14.8 Å². The zero-order valence-electron chi connectivity index (χ0n) is 15.9. The Morgan fingerprint density at radius 1 is 1.00 bits per heavy atom. The lowest BCUT2D eigenvalue weighted by atomic mass is 10.00. The molecule has 1 aliphatic heterocycles. The second-order valence-corrected chi connectivity index (χ2v) is 7.59. The van der Waals surface area contributed by atoms with Crippen LogP contribution in [-0.4, -0.2) is 22.8 Å². The molecule has 4 aromatic rings. The summed E-state index contributed by atoms with van der Waals surface area (Å²) in [7, 11) is 0. The van der Waals surface area contributed by atoms with Gasteiger partial charge < -0.3 is 19.3 Å². The number of ether oxygens (including phenoxy) is 2. The van der Waals surface area contributed by atoms with Crippen molar-refractivity contribution in [2.45, 2.75) is 18.3 Å². The Morgan fingerprint density at radius 3 is 2.80 bits per heavy atom. The van der Waals surface area contributed by atoms with Gasteiger partial charge in [-0.25, -0.2) is 0 Å². The van der Waals surface area contributed by atoms with Crippen molar-refractivity contribution in [3.63, 3.8) is 0 Å². The average molecular weight is 399 g/mol. The fraction of sp³-hybridized carbons (Fsp3) is 0.174. The number of hydrogen-bond donors (Lipinski definition) is 1. The first-order valence-corrected chi connectivity index (χ1v) is 9.75. The Bertz CT molecular complexity index is 1290. The van der Waals surface area contributed by atoms with Crippen LogP contribution in [0, 0.1) is 0 Å². The van der Waals surface area contributed by atoms with E-state index in [-0.39, 0.29) is 12.7 Å². The molecule has 1 amide bonds. The smallest absolute Gasteiger partial charge is 0.236 e. The van der Waals surface area contributed by atoms with E-state index >= 15 is 0 Å². The van der Waals surface area contributed by atoms with Gasteiger partial charge in [-0.2, -0.15) is 0 Å². The van der Waals surface area contributed by atoms with Crippen molar-refractivity contribution >= 4 is 22.5 Å². The first-order valence-electron chi connectivity index (χ1n) is 9.75. The van der Waals surface area contributed by atoms with Crippen LogP contribution in [0.5, 0.6) is 11.5 Å². The Kier molecular flexibility index (Phi) is 3.59. The molecule has 6 rings (SSSR count). The molecule has 148 valence electrons. The molecule has 7 nitrogen and oxygen atoms in total. The SMILES string of the molecule is O=C(Nc1ccc2ncccc2c1)C1(c2cc(-c3ccc4c(c3)OCO4)on2)CC1. The minimum Gasteiger partial charge on any atom is -0.454 e. The summed E-state index contributed by atoms with van der Waals surface area (Å²) in [5.74, 6) is 1.91. The fourth-order valence-electron chi connectivity index (χ4n) is 3.82. The Morgan fingerprint density at radius 2 is 1.90 bits per heavy atom. The molecule has 2 aromatic heterocycles. The van der Waals surface area contributed by atoms with E-state index in [1.165, 1.54) is 0 Å². The first kappa shape index (κ1) is 17.0. The van der Waals surface area contributed by atoms with Crippen LogP contribution in [-0.2, 0) is 10.2 Å². The molecule has 30 heavy (non-hydrogen) atoms. The molecular weight excluding hydrogens is 382 g/mol. The largest absolute Gasteiger partial charge is 0.454 e. The van der Waals surface area contributed by atoms with Crippen molar-refractivity contribution in [3.05, 3.63) is 66.5 Å². The summed E-state index contributed by atoms with van der Waals surface area (Å²) in [6.45, 7) is 0.217. The number of hydrogen-bond acceptors (Lipinski definition) is 6. The van der Waals surface area contributed by atoms with Crippen LogP contribution in [0.15, 0.2) is 65.3 Å². The Hall–Kier alpha value is -3.87. The van der Waals surface area contributed by atoms with Crippen molar-refractivity contribution in [2.75, 3.05) is 12.1 Å². The van der Waals surface area contributed by atoms with Crippen molar-refractivity contribution in [3.8, 4) is 22.8 Å². The van der Waals surface area contributed by atoms with Gasteiger partial charge in [-0.1, -0.05) is 11.2 Å². The number of nitrogens with zero attached hydrogens (tertiary/aromatic N) is 2. The first-order chi connectivity index (χ1) is 14.7. The van der Waals surface area contributed by atoms with Gasteiger partial charge in [0.1, 0.15) is 0 Å². The van der Waals surface area contributed by atoms with E-state index in [9.17, 15) is 4.79 Å². The summed E-state index contributed by atoms with van der Waals surface area (Å²) in [4.78, 5) is 17.4. The highest BCUT2D eigenvalue weighted by Crippen LogP contribution is 2.49. The van der Waals surface area contributed by atoms with E-state index in [2.05, 4.69) is 15.5 Å². The van der Waals surface area contributed by atoms with Gasteiger partial charge in [0.2, 0.25) is 12.7 Å². The molecule has 0 radical (unpaired) electrons. The number of pyridine rings is 1. The number of anilines is 1. The van der Waals surface area contributed by atoms with E-state index in [0.29, 0.717) is 23.0 Å². The van der Waals surface area contributed by atoms with Gasteiger partial charge in [-0.05, 0) is 55.3 Å². The van der Waals surface area contributed by atoms with Gasteiger partial charge in [-0.3, -0.25) is 9.78 Å². The van der Waals surface area contributed by atoms with Crippen LogP contribution in [0.4, 0.5) is 5.69 Å². The maximum absolute atomic E-state index is 13.1. The third kappa shape index (κ3) is 2.70. The quantitative estimate of drug-likeness (QED) is 0.551. The van der Waals surface area contributed by atoms with Crippen LogP contribution in [0.1, 0.15) is 18.5 Å². The number of carbonyl (C=O) groups excluding carboxylic acids is 1. The predicted octanol–water partition coefficient (Wildman–Crippen LogP) is 4.29. The number of aromatic nitrogens is 2. The molecule has 1 saturated carbocycles. The zero-order chi connectivity index (χ0) is 20.1. The number of fused-ring (bicyclic) bond motifs is 2. The molecule has 0 unspecified atom stereocenters. The molecule has 0 saturated heterocycles. The third-order valence-corrected chi connectivity index (χ3v) is 5.70. The number of benzene rings is 2. The Balaban J connectivity index is 1.25. The molecule has 2 aromatic carbocycles. The van der Waals surface area contributed by atoms with Crippen LogP contribution in [0.2, 0.25) is 0 Å². The van der Waals surface area contributed by atoms with Crippen molar-refractivity contribution in [1.29, 1.82) is 0 Å². The number of rotatable bonds is 4. The third-order valence-electron chi connectivity index (χ3n) is 5.70. The maximum Gasteiger partial charge on any atom is 0.236 e. The highest BCUT2D eigenvalue weighted by molar-refractivity contribution is 6.02. The molecule has 0 spiro atoms. The van der Waals surface area contributed by atoms with Crippen molar-refractivity contribution in [1.82, 2.24) is 10.1 Å². The second kappa shape index (κ2) is 6.32. The van der Waals surface area contributed by atoms with Gasteiger partial charge in [0, 0.05) is 28.9 Å². The summed E-state index contributed by atoms with van der Waals surface area (Å²) in [6, 6.07) is 17.0. The summed E-state index contributed by atoms with van der Waals surface area (Å²) >= 11 is 0. The van der Waals surface area contributed by atoms with Gasteiger partial charge in [0.05, 0.1) is 16.6 Å². The monoisotopic (exact) mass is 399 g/mol. The summed E-state index contributed by atoms with van der Waals surface area (Å²) < 4.78 is 16.3. The van der Waals surface area contributed by atoms with Crippen LogP contribution >= 0.6 is 0 Å². The van der Waals surface area contributed by atoms with Crippen molar-refractivity contribution < 1.29 is 18.8 Å². The zero-order valence-corrected chi connectivity index (χ0v) is 15.9. The normalized spacial score (nSPS) is 15.9. The second-order valence-electron chi connectivity index (χ2n) is 7.59. The molecule has 2 aliphatic rings. The highest BCUT2D eigenvalue weighted by Gasteiger charge is 2.53. The lowest BCUT2D eigenvalue weighted by Crippen LogP contribution is -2.28. The molecule has 1 fully saturated rings. The highest BCUT2D eigenvalue weighted by atomic mass is 16.7. The van der Waals surface area contributed by atoms with E-state index in [4.69, 9.17) is 14.0 Å². The summed E-state index contributed by atoms with van der Waals surface area (Å²) in [6.07, 6.45) is 3.23. The van der Waals surface area contributed by atoms with E-state index in [0.717, 1.165) is 35.0 Å². The molecule has 1 aliphatic carbocycles. The van der Waals surface area contributed by atoms with Gasteiger partial charge in [-0.15, -0.1) is 0 Å². The van der Waals surface area contributed by atoms with Crippen molar-refractivity contribution in [2.24, 2.45) is 0 Å². The molecule has 0 atom stereocenters.